The highest BCUT2D eigenvalue weighted by atomic mass is 16.3. The van der Waals surface area contributed by atoms with Crippen LogP contribution in [0.4, 0.5) is 0 Å². The van der Waals surface area contributed by atoms with Crippen molar-refractivity contribution in [3.8, 4) is 0 Å². The molecule has 0 aliphatic heterocycles. The third-order valence-electron chi connectivity index (χ3n) is 1.55. The molecule has 0 saturated heterocycles. The number of aliphatic hydroxyl groups excluding tert-OH is 2. The van der Waals surface area contributed by atoms with Gasteiger partial charge in [0, 0.05) is 13.5 Å². The minimum Gasteiger partial charge on any atom is -0.394 e. The molecule has 0 aromatic carbocycles. The molecule has 72 valence electrons. The lowest BCUT2D eigenvalue weighted by molar-refractivity contribution is -0.118. The van der Waals surface area contributed by atoms with Crippen LogP contribution in [0.2, 0.25) is 0 Å². The Morgan fingerprint density at radius 2 is 2.17 bits per heavy atom. The van der Waals surface area contributed by atoms with E-state index in [9.17, 15) is 4.79 Å². The number of hydrogen-bond donors (Lipinski definition) is 3. The van der Waals surface area contributed by atoms with Gasteiger partial charge in [0.1, 0.15) is 0 Å². The van der Waals surface area contributed by atoms with Crippen molar-refractivity contribution in [3.63, 3.8) is 0 Å². The van der Waals surface area contributed by atoms with Gasteiger partial charge in [-0.15, -0.1) is 0 Å². The molecule has 0 spiro atoms. The van der Waals surface area contributed by atoms with Crippen LogP contribution in [0.25, 0.3) is 0 Å². The summed E-state index contributed by atoms with van der Waals surface area (Å²) in [5.74, 6) is -0.0299. The minimum absolute atomic E-state index is 0.0299. The van der Waals surface area contributed by atoms with Gasteiger partial charge in [0.05, 0.1) is 12.7 Å². The van der Waals surface area contributed by atoms with Crippen molar-refractivity contribution in [1.29, 1.82) is 0 Å². The number of carbonyl (C=O) groups excluding carboxylic acids is 1. The summed E-state index contributed by atoms with van der Waals surface area (Å²) in [6, 6.07) is 0. The highest BCUT2D eigenvalue weighted by Crippen LogP contribution is 1.98. The van der Waals surface area contributed by atoms with Gasteiger partial charge >= 0.3 is 0 Å². The van der Waals surface area contributed by atoms with Gasteiger partial charge < -0.3 is 15.5 Å². The first-order chi connectivity index (χ1) is 5.66. The normalized spacial score (nSPS) is 12.6. The van der Waals surface area contributed by atoms with Crippen molar-refractivity contribution >= 4 is 5.91 Å². The lowest BCUT2D eigenvalue weighted by Gasteiger charge is -2.06. The summed E-state index contributed by atoms with van der Waals surface area (Å²) < 4.78 is 0. The average molecular weight is 175 g/mol. The van der Waals surface area contributed by atoms with E-state index in [-0.39, 0.29) is 12.5 Å². The SMILES string of the molecule is CC(=O)NCCCC[C@H](O)CO. The zero-order valence-corrected chi connectivity index (χ0v) is 7.42. The van der Waals surface area contributed by atoms with Crippen LogP contribution in [0.15, 0.2) is 0 Å². The number of unbranched alkanes of at least 4 members (excludes halogenated alkanes) is 1. The topological polar surface area (TPSA) is 69.6 Å². The van der Waals surface area contributed by atoms with E-state index < -0.39 is 6.10 Å². The molecule has 0 unspecified atom stereocenters. The van der Waals surface area contributed by atoms with Crippen molar-refractivity contribution in [2.75, 3.05) is 13.2 Å². The van der Waals surface area contributed by atoms with E-state index >= 15 is 0 Å². The van der Waals surface area contributed by atoms with Crippen LogP contribution in [-0.2, 0) is 4.79 Å². The molecule has 4 nitrogen and oxygen atoms in total. The maximum Gasteiger partial charge on any atom is 0.216 e. The van der Waals surface area contributed by atoms with Crippen LogP contribution in [0.3, 0.4) is 0 Å². The third kappa shape index (κ3) is 7.50. The fraction of sp³-hybridized carbons (Fsp3) is 0.875. The Bertz CT molecular complexity index is 127. The second kappa shape index (κ2) is 7.06. The lowest BCUT2D eigenvalue weighted by atomic mass is 10.1. The Morgan fingerprint density at radius 1 is 1.50 bits per heavy atom. The van der Waals surface area contributed by atoms with Crippen molar-refractivity contribution in [2.24, 2.45) is 0 Å². The Kier molecular flexibility index (Phi) is 6.70. The lowest BCUT2D eigenvalue weighted by Crippen LogP contribution is -2.21. The molecule has 12 heavy (non-hydrogen) atoms. The van der Waals surface area contributed by atoms with Crippen LogP contribution in [0.1, 0.15) is 26.2 Å². The van der Waals surface area contributed by atoms with Crippen LogP contribution >= 0.6 is 0 Å². The van der Waals surface area contributed by atoms with Gasteiger partial charge in [0.2, 0.25) is 5.91 Å². The largest absolute Gasteiger partial charge is 0.394 e. The van der Waals surface area contributed by atoms with E-state index in [0.29, 0.717) is 13.0 Å². The number of carbonyl (C=O) groups is 1. The Labute approximate surface area is 72.6 Å². The number of hydrogen-bond acceptors (Lipinski definition) is 3. The predicted molar refractivity (Wildman–Crippen MR) is 45.6 cm³/mol. The maximum absolute atomic E-state index is 10.4. The Morgan fingerprint density at radius 3 is 2.67 bits per heavy atom. The van der Waals surface area contributed by atoms with Crippen LogP contribution < -0.4 is 5.32 Å². The first kappa shape index (κ1) is 11.4. The van der Waals surface area contributed by atoms with Crippen molar-refractivity contribution in [3.05, 3.63) is 0 Å². The monoisotopic (exact) mass is 175 g/mol. The molecule has 0 rings (SSSR count). The molecule has 0 aliphatic carbocycles. The second-order valence-electron chi connectivity index (χ2n) is 2.82. The molecule has 0 fully saturated rings. The van der Waals surface area contributed by atoms with Crippen molar-refractivity contribution in [1.82, 2.24) is 5.32 Å². The zero-order chi connectivity index (χ0) is 9.40. The predicted octanol–water partition coefficient (Wildman–Crippen LogP) is -0.354. The highest BCUT2D eigenvalue weighted by Gasteiger charge is 2.00. The molecule has 0 aromatic rings. The minimum atomic E-state index is -0.609. The summed E-state index contributed by atoms with van der Waals surface area (Å²) in [7, 11) is 0. The van der Waals surface area contributed by atoms with Crippen LogP contribution in [-0.4, -0.2) is 35.4 Å². The van der Waals surface area contributed by atoms with Gasteiger partial charge in [-0.1, -0.05) is 0 Å². The summed E-state index contributed by atoms with van der Waals surface area (Å²) in [5.41, 5.74) is 0. The average Bonchev–Trinajstić information content (AvgIpc) is 2.03. The smallest absolute Gasteiger partial charge is 0.216 e. The highest BCUT2D eigenvalue weighted by molar-refractivity contribution is 5.72. The second-order valence-corrected chi connectivity index (χ2v) is 2.82. The van der Waals surface area contributed by atoms with E-state index in [2.05, 4.69) is 5.32 Å². The molecule has 1 amide bonds. The fourth-order valence-corrected chi connectivity index (χ4v) is 0.861. The Hall–Kier alpha value is -0.610. The molecular formula is C8H17NO3. The Balaban J connectivity index is 3.05. The summed E-state index contributed by atoms with van der Waals surface area (Å²) in [6.45, 7) is 1.94. The number of aliphatic hydroxyl groups is 2. The van der Waals surface area contributed by atoms with Crippen LogP contribution in [0.5, 0.6) is 0 Å². The van der Waals surface area contributed by atoms with Gasteiger partial charge in [-0.05, 0) is 19.3 Å². The molecule has 3 N–H and O–H groups in total. The fourth-order valence-electron chi connectivity index (χ4n) is 0.861. The molecule has 1 atom stereocenters. The maximum atomic E-state index is 10.4. The third-order valence-corrected chi connectivity index (χ3v) is 1.55. The number of nitrogens with one attached hydrogen (secondary N) is 1. The molecule has 0 heterocycles. The molecule has 0 aromatic heterocycles. The molecule has 0 radical (unpaired) electrons. The van der Waals surface area contributed by atoms with Gasteiger partial charge in [-0.3, -0.25) is 4.79 Å². The van der Waals surface area contributed by atoms with Crippen molar-refractivity contribution < 1.29 is 15.0 Å². The van der Waals surface area contributed by atoms with Crippen LogP contribution in [0, 0.1) is 0 Å². The first-order valence-electron chi connectivity index (χ1n) is 4.20. The zero-order valence-electron chi connectivity index (χ0n) is 7.42. The molecular weight excluding hydrogens is 158 g/mol. The van der Waals surface area contributed by atoms with Gasteiger partial charge in [-0.2, -0.15) is 0 Å². The summed E-state index contributed by atoms with van der Waals surface area (Å²) in [4.78, 5) is 10.4. The van der Waals surface area contributed by atoms with Gasteiger partial charge in [0.25, 0.3) is 0 Å². The van der Waals surface area contributed by atoms with E-state index in [1.54, 1.807) is 0 Å². The number of rotatable bonds is 6. The first-order valence-corrected chi connectivity index (χ1v) is 4.20. The summed E-state index contributed by atoms with van der Waals surface area (Å²) in [5, 5.41) is 20.0. The van der Waals surface area contributed by atoms with Gasteiger partial charge in [-0.25, -0.2) is 0 Å². The summed E-state index contributed by atoms with van der Waals surface area (Å²) in [6.07, 6.45) is 1.65. The van der Waals surface area contributed by atoms with Gasteiger partial charge in [0.15, 0.2) is 0 Å². The quantitative estimate of drug-likeness (QED) is 0.483. The van der Waals surface area contributed by atoms with E-state index in [1.165, 1.54) is 6.92 Å². The molecule has 0 saturated carbocycles. The molecule has 4 heteroatoms. The molecule has 0 aliphatic rings. The standard InChI is InChI=1S/C8H17NO3/c1-7(11)9-5-3-2-4-8(12)6-10/h8,10,12H,2-6H2,1H3,(H,9,11)/t8-/m0/s1. The van der Waals surface area contributed by atoms with E-state index in [1.807, 2.05) is 0 Å². The van der Waals surface area contributed by atoms with E-state index in [0.717, 1.165) is 12.8 Å². The summed E-state index contributed by atoms with van der Waals surface area (Å²) >= 11 is 0. The van der Waals surface area contributed by atoms with E-state index in [4.69, 9.17) is 10.2 Å². The molecule has 0 bridgehead atoms. The number of amides is 1. The van der Waals surface area contributed by atoms with Crippen molar-refractivity contribution in [2.45, 2.75) is 32.3 Å².